The zero-order valence-electron chi connectivity index (χ0n) is 10.4. The van der Waals surface area contributed by atoms with Crippen LogP contribution in [0.3, 0.4) is 0 Å². The third kappa shape index (κ3) is 2.28. The fourth-order valence-electron chi connectivity index (χ4n) is 2.58. The van der Waals surface area contributed by atoms with Crippen LogP contribution in [0.4, 0.5) is 0 Å². The largest absolute Gasteiger partial charge is 0.271 e. The van der Waals surface area contributed by atoms with Crippen molar-refractivity contribution in [3.63, 3.8) is 0 Å². The van der Waals surface area contributed by atoms with Gasteiger partial charge in [0.1, 0.15) is 4.21 Å². The molecule has 1 aliphatic carbocycles. The van der Waals surface area contributed by atoms with Gasteiger partial charge in [-0.2, -0.15) is 0 Å². The third-order valence-corrected chi connectivity index (χ3v) is 5.45. The molecule has 100 valence electrons. The summed E-state index contributed by atoms with van der Waals surface area (Å²) in [6, 6.07) is 6.93. The van der Waals surface area contributed by atoms with Crippen molar-refractivity contribution in [2.75, 3.05) is 0 Å². The molecular formula is C14H14ClNO2S. The highest BCUT2D eigenvalue weighted by atomic mass is 35.5. The molecule has 0 saturated heterocycles. The fourth-order valence-corrected chi connectivity index (χ4v) is 4.22. The lowest BCUT2D eigenvalue weighted by Gasteiger charge is -2.32. The normalized spacial score (nSPS) is 21.6. The van der Waals surface area contributed by atoms with Crippen molar-refractivity contribution in [1.82, 2.24) is 4.31 Å². The predicted octanol–water partition coefficient (Wildman–Crippen LogP) is 3.83. The maximum atomic E-state index is 12.2. The number of hydrogen-bond donors (Lipinski definition) is 0. The van der Waals surface area contributed by atoms with Crippen LogP contribution in [-0.2, 0) is 0 Å². The molecule has 1 aromatic rings. The van der Waals surface area contributed by atoms with E-state index in [4.69, 9.17) is 11.6 Å². The molecule has 1 saturated carbocycles. The number of benzene rings is 1. The van der Waals surface area contributed by atoms with Crippen LogP contribution in [0.5, 0.6) is 0 Å². The predicted molar refractivity (Wildman–Crippen MR) is 76.2 cm³/mol. The summed E-state index contributed by atoms with van der Waals surface area (Å²) in [5.74, 6) is -0.479. The van der Waals surface area contributed by atoms with Gasteiger partial charge in [-0.05, 0) is 36.9 Å². The molecule has 0 radical (unpaired) electrons. The topological polar surface area (TPSA) is 37.4 Å². The van der Waals surface area contributed by atoms with Crippen LogP contribution >= 0.6 is 23.5 Å². The zero-order chi connectivity index (χ0) is 13.5. The highest BCUT2D eigenvalue weighted by Gasteiger charge is 2.42. The Balaban J connectivity index is 1.84. The smallest absolute Gasteiger partial charge is 0.268 e. The minimum atomic E-state index is -0.508. The van der Waals surface area contributed by atoms with Gasteiger partial charge in [-0.3, -0.25) is 9.59 Å². The van der Waals surface area contributed by atoms with Gasteiger partial charge in [-0.25, -0.2) is 4.31 Å². The molecule has 0 bridgehead atoms. The quantitative estimate of drug-likeness (QED) is 0.473. The number of imide groups is 1. The molecule has 0 aromatic heterocycles. The Morgan fingerprint density at radius 1 is 1.00 bits per heavy atom. The molecule has 1 aromatic carbocycles. The van der Waals surface area contributed by atoms with E-state index in [2.05, 4.69) is 0 Å². The molecular weight excluding hydrogens is 282 g/mol. The first-order valence-corrected chi connectivity index (χ1v) is 7.62. The maximum Gasteiger partial charge on any atom is 0.271 e. The molecule has 0 spiro atoms. The van der Waals surface area contributed by atoms with Crippen LogP contribution in [0.15, 0.2) is 24.3 Å². The summed E-state index contributed by atoms with van der Waals surface area (Å²) in [5, 5.41) is 0. The number of hydrogen-bond acceptors (Lipinski definition) is 3. The number of amides is 2. The Morgan fingerprint density at radius 2 is 1.53 bits per heavy atom. The van der Waals surface area contributed by atoms with Gasteiger partial charge in [-0.15, -0.1) is 11.6 Å². The Morgan fingerprint density at radius 3 is 2.05 bits per heavy atom. The van der Waals surface area contributed by atoms with Crippen molar-refractivity contribution in [3.05, 3.63) is 35.4 Å². The summed E-state index contributed by atoms with van der Waals surface area (Å²) in [5.41, 5.74) is 0.965. The Labute approximate surface area is 121 Å². The number of halogens is 1. The molecule has 1 heterocycles. The van der Waals surface area contributed by atoms with Gasteiger partial charge >= 0.3 is 0 Å². The van der Waals surface area contributed by atoms with E-state index in [1.807, 2.05) is 0 Å². The number of carbonyl (C=O) groups excluding carboxylic acids is 2. The van der Waals surface area contributed by atoms with Gasteiger partial charge in [0.15, 0.2) is 0 Å². The van der Waals surface area contributed by atoms with Crippen LogP contribution in [0.25, 0.3) is 0 Å². The lowest BCUT2D eigenvalue weighted by Crippen LogP contribution is -2.31. The summed E-state index contributed by atoms with van der Waals surface area (Å²) in [7, 11) is 0. The Hall–Kier alpha value is -1.00. The van der Waals surface area contributed by atoms with E-state index in [1.165, 1.54) is 22.7 Å². The first-order chi connectivity index (χ1) is 9.11. The van der Waals surface area contributed by atoms with E-state index in [9.17, 15) is 9.59 Å². The molecule has 0 atom stereocenters. The molecule has 2 amide bonds. The molecule has 3 rings (SSSR count). The molecule has 5 heteroatoms. The first kappa shape index (κ1) is 13.0. The minimum absolute atomic E-state index is 0.240. The Kier molecular flexibility index (Phi) is 3.31. The second kappa shape index (κ2) is 4.84. The SMILES string of the molecule is O=C1c2ccccc2C(=O)N1SC1(Cl)CCCCC1. The van der Waals surface area contributed by atoms with Crippen molar-refractivity contribution >= 4 is 35.4 Å². The monoisotopic (exact) mass is 295 g/mol. The minimum Gasteiger partial charge on any atom is -0.268 e. The Bertz CT molecular complexity index is 505. The van der Waals surface area contributed by atoms with Crippen LogP contribution in [0.2, 0.25) is 0 Å². The standard InChI is InChI=1S/C14H14ClNO2S/c15-14(8-4-1-5-9-14)19-16-12(17)10-6-2-3-7-11(10)13(16)18/h2-3,6-7H,1,4-5,8-9H2. The van der Waals surface area contributed by atoms with Crippen LogP contribution in [0.1, 0.15) is 52.8 Å². The van der Waals surface area contributed by atoms with Gasteiger partial charge in [0.25, 0.3) is 11.8 Å². The van der Waals surface area contributed by atoms with Crippen molar-refractivity contribution in [2.24, 2.45) is 0 Å². The summed E-state index contributed by atoms with van der Waals surface area (Å²) >= 11 is 7.75. The van der Waals surface area contributed by atoms with Crippen molar-refractivity contribution in [2.45, 2.75) is 36.3 Å². The van der Waals surface area contributed by atoms with E-state index < -0.39 is 4.21 Å². The highest BCUT2D eigenvalue weighted by molar-refractivity contribution is 8.00. The molecule has 1 fully saturated rings. The second-order valence-corrected chi connectivity index (χ2v) is 7.26. The van der Waals surface area contributed by atoms with Gasteiger partial charge in [0.05, 0.1) is 11.1 Å². The van der Waals surface area contributed by atoms with Gasteiger partial charge in [0, 0.05) is 0 Å². The van der Waals surface area contributed by atoms with E-state index in [0.717, 1.165) is 25.7 Å². The molecule has 1 aliphatic heterocycles. The number of fused-ring (bicyclic) bond motifs is 1. The van der Waals surface area contributed by atoms with Crippen molar-refractivity contribution in [3.8, 4) is 0 Å². The average molecular weight is 296 g/mol. The lowest BCUT2D eigenvalue weighted by atomic mass is 10.00. The molecule has 3 nitrogen and oxygen atoms in total. The highest BCUT2D eigenvalue weighted by Crippen LogP contribution is 2.46. The van der Waals surface area contributed by atoms with E-state index >= 15 is 0 Å². The molecule has 0 N–H and O–H groups in total. The van der Waals surface area contributed by atoms with Crippen molar-refractivity contribution in [1.29, 1.82) is 0 Å². The molecule has 19 heavy (non-hydrogen) atoms. The zero-order valence-corrected chi connectivity index (χ0v) is 12.0. The van der Waals surface area contributed by atoms with Gasteiger partial charge in [0.2, 0.25) is 0 Å². The number of nitrogens with zero attached hydrogens (tertiary/aromatic N) is 1. The van der Waals surface area contributed by atoms with Gasteiger partial charge in [-0.1, -0.05) is 31.4 Å². The lowest BCUT2D eigenvalue weighted by molar-refractivity contribution is 0.0775. The second-order valence-electron chi connectivity index (χ2n) is 4.99. The van der Waals surface area contributed by atoms with E-state index in [0.29, 0.717) is 11.1 Å². The summed E-state index contributed by atoms with van der Waals surface area (Å²) in [6.07, 6.45) is 4.97. The van der Waals surface area contributed by atoms with E-state index in [1.54, 1.807) is 24.3 Å². The van der Waals surface area contributed by atoms with Crippen LogP contribution in [-0.4, -0.2) is 20.3 Å². The summed E-state index contributed by atoms with van der Waals surface area (Å²) in [6.45, 7) is 0. The van der Waals surface area contributed by atoms with Gasteiger partial charge < -0.3 is 0 Å². The molecule has 0 unspecified atom stereocenters. The van der Waals surface area contributed by atoms with E-state index in [-0.39, 0.29) is 11.8 Å². The number of carbonyl (C=O) groups is 2. The van der Waals surface area contributed by atoms with Crippen LogP contribution in [0, 0.1) is 0 Å². The maximum absolute atomic E-state index is 12.2. The number of rotatable bonds is 2. The first-order valence-electron chi connectivity index (χ1n) is 6.47. The van der Waals surface area contributed by atoms with Crippen molar-refractivity contribution < 1.29 is 9.59 Å². The average Bonchev–Trinajstić information content (AvgIpc) is 2.65. The fraction of sp³-hybridized carbons (Fsp3) is 0.429. The summed E-state index contributed by atoms with van der Waals surface area (Å²) < 4.78 is 0.731. The molecule has 2 aliphatic rings. The third-order valence-electron chi connectivity index (χ3n) is 3.61. The summed E-state index contributed by atoms with van der Waals surface area (Å²) in [4.78, 5) is 24.5. The number of alkyl halides is 1. The van der Waals surface area contributed by atoms with Crippen LogP contribution < -0.4 is 0 Å².